The average molecular weight is 285 g/mol. The third-order valence-electron chi connectivity index (χ3n) is 3.95. The van der Waals surface area contributed by atoms with Gasteiger partial charge in [-0.15, -0.1) is 0 Å². The molecule has 0 amide bonds. The first-order valence-corrected chi connectivity index (χ1v) is 7.52. The smallest absolute Gasteiger partial charge is 0.165 e. The van der Waals surface area contributed by atoms with Crippen molar-refractivity contribution in [2.24, 2.45) is 7.05 Å². The van der Waals surface area contributed by atoms with Crippen LogP contribution in [-0.4, -0.2) is 26.8 Å². The molecular weight excluding hydrogens is 262 g/mol. The highest BCUT2D eigenvalue weighted by Crippen LogP contribution is 2.33. The van der Waals surface area contributed by atoms with E-state index in [4.69, 9.17) is 9.97 Å². The van der Waals surface area contributed by atoms with Crippen LogP contribution in [-0.2, 0) is 25.3 Å². The second-order valence-corrected chi connectivity index (χ2v) is 6.74. The van der Waals surface area contributed by atoms with E-state index in [1.165, 1.54) is 17.7 Å². The van der Waals surface area contributed by atoms with E-state index < -0.39 is 0 Å². The van der Waals surface area contributed by atoms with Gasteiger partial charge in [0.2, 0.25) is 0 Å². The van der Waals surface area contributed by atoms with Crippen LogP contribution in [0.25, 0.3) is 11.4 Å². The first kappa shape index (κ1) is 14.0. The Morgan fingerprint density at radius 2 is 1.95 bits per heavy atom. The minimum absolute atomic E-state index is 0.0290. The highest BCUT2D eigenvalue weighted by Gasteiger charge is 2.26. The molecule has 0 aromatic carbocycles. The lowest BCUT2D eigenvalue weighted by Crippen LogP contribution is -2.14. The molecule has 1 N–H and O–H groups in total. The zero-order chi connectivity index (χ0) is 15.2. The lowest BCUT2D eigenvalue weighted by Gasteiger charge is -2.17. The summed E-state index contributed by atoms with van der Waals surface area (Å²) in [7, 11) is 3.88. The molecule has 0 unspecified atom stereocenters. The van der Waals surface area contributed by atoms with Gasteiger partial charge in [0.15, 0.2) is 5.82 Å². The SMILES string of the molecule is CNc1nc(-c2cn(C)nc2C(C)(C)C)nc2c1CCC2. The van der Waals surface area contributed by atoms with E-state index in [1.54, 1.807) is 0 Å². The van der Waals surface area contributed by atoms with Gasteiger partial charge < -0.3 is 5.32 Å². The standard InChI is InChI=1S/C16H23N5/c1-16(2,3)13-11(9-21(5)20-13)15-18-12-8-6-7-10(12)14(17-4)19-15/h9H,6-8H2,1-5H3,(H,17,18,19). The van der Waals surface area contributed by atoms with Crippen LogP contribution in [0.3, 0.4) is 0 Å². The quantitative estimate of drug-likeness (QED) is 0.921. The number of rotatable bonds is 2. The average Bonchev–Trinajstić information content (AvgIpc) is 3.02. The predicted octanol–water partition coefficient (Wildman–Crippen LogP) is 2.71. The maximum Gasteiger partial charge on any atom is 0.165 e. The Balaban J connectivity index is 2.18. The van der Waals surface area contributed by atoms with Crippen LogP contribution in [0.5, 0.6) is 0 Å². The molecule has 0 saturated carbocycles. The van der Waals surface area contributed by atoms with Gasteiger partial charge in [-0.05, 0) is 19.3 Å². The molecule has 5 heteroatoms. The Hall–Kier alpha value is -1.91. The first-order chi connectivity index (χ1) is 9.90. The Bertz CT molecular complexity index is 679. The third-order valence-corrected chi connectivity index (χ3v) is 3.95. The van der Waals surface area contributed by atoms with Crippen molar-refractivity contribution in [3.8, 4) is 11.4 Å². The summed E-state index contributed by atoms with van der Waals surface area (Å²) in [5, 5.41) is 7.85. The Morgan fingerprint density at radius 3 is 2.62 bits per heavy atom. The predicted molar refractivity (Wildman–Crippen MR) is 84.5 cm³/mol. The number of hydrogen-bond acceptors (Lipinski definition) is 4. The molecule has 5 nitrogen and oxygen atoms in total. The second-order valence-electron chi connectivity index (χ2n) is 6.74. The number of aromatic nitrogens is 4. The summed E-state index contributed by atoms with van der Waals surface area (Å²) in [4.78, 5) is 9.56. The summed E-state index contributed by atoms with van der Waals surface area (Å²) in [5.74, 6) is 1.76. The number of aryl methyl sites for hydroxylation is 2. The van der Waals surface area contributed by atoms with Gasteiger partial charge in [-0.25, -0.2) is 9.97 Å². The van der Waals surface area contributed by atoms with Crippen molar-refractivity contribution >= 4 is 5.82 Å². The highest BCUT2D eigenvalue weighted by atomic mass is 15.3. The summed E-state index contributed by atoms with van der Waals surface area (Å²) in [6, 6.07) is 0. The minimum atomic E-state index is -0.0290. The Kier molecular flexibility index (Phi) is 3.23. The van der Waals surface area contributed by atoms with Gasteiger partial charge in [0.05, 0.1) is 11.3 Å². The number of nitrogens with one attached hydrogen (secondary N) is 1. The Labute approximate surface area is 125 Å². The molecule has 0 fully saturated rings. The van der Waals surface area contributed by atoms with Gasteiger partial charge in [-0.3, -0.25) is 4.68 Å². The lowest BCUT2D eigenvalue weighted by atomic mass is 9.89. The number of anilines is 1. The van der Waals surface area contributed by atoms with Crippen molar-refractivity contribution < 1.29 is 0 Å². The van der Waals surface area contributed by atoms with Gasteiger partial charge in [-0.2, -0.15) is 5.10 Å². The molecule has 2 heterocycles. The number of fused-ring (bicyclic) bond motifs is 1. The maximum absolute atomic E-state index is 4.82. The zero-order valence-corrected chi connectivity index (χ0v) is 13.5. The van der Waals surface area contributed by atoms with E-state index in [-0.39, 0.29) is 5.41 Å². The molecule has 2 aromatic heterocycles. The van der Waals surface area contributed by atoms with Crippen LogP contribution in [0.2, 0.25) is 0 Å². The fraction of sp³-hybridized carbons (Fsp3) is 0.562. The molecule has 0 aliphatic heterocycles. The summed E-state index contributed by atoms with van der Waals surface area (Å²) < 4.78 is 1.85. The molecule has 0 radical (unpaired) electrons. The minimum Gasteiger partial charge on any atom is -0.373 e. The van der Waals surface area contributed by atoms with Crippen molar-refractivity contribution in [2.45, 2.75) is 45.4 Å². The fourth-order valence-corrected chi connectivity index (χ4v) is 2.97. The van der Waals surface area contributed by atoms with Gasteiger partial charge in [0.25, 0.3) is 0 Å². The van der Waals surface area contributed by atoms with Crippen LogP contribution in [0.4, 0.5) is 5.82 Å². The molecule has 1 aliphatic rings. The zero-order valence-electron chi connectivity index (χ0n) is 13.5. The molecule has 3 rings (SSSR count). The number of nitrogens with zero attached hydrogens (tertiary/aromatic N) is 4. The van der Waals surface area contributed by atoms with Gasteiger partial charge in [-0.1, -0.05) is 20.8 Å². The van der Waals surface area contributed by atoms with Crippen LogP contribution in [0, 0.1) is 0 Å². The van der Waals surface area contributed by atoms with Crippen molar-refractivity contribution in [1.82, 2.24) is 19.7 Å². The van der Waals surface area contributed by atoms with Crippen molar-refractivity contribution in [3.05, 3.63) is 23.1 Å². The van der Waals surface area contributed by atoms with E-state index in [2.05, 4.69) is 31.2 Å². The van der Waals surface area contributed by atoms with Crippen LogP contribution in [0.15, 0.2) is 6.20 Å². The molecule has 1 aliphatic carbocycles. The van der Waals surface area contributed by atoms with E-state index >= 15 is 0 Å². The molecule has 0 atom stereocenters. The summed E-state index contributed by atoms with van der Waals surface area (Å²) in [6.07, 6.45) is 5.31. The van der Waals surface area contributed by atoms with Crippen LogP contribution < -0.4 is 5.32 Å². The van der Waals surface area contributed by atoms with E-state index in [1.807, 2.05) is 25.0 Å². The number of hydrogen-bond donors (Lipinski definition) is 1. The van der Waals surface area contributed by atoms with Crippen LogP contribution in [0.1, 0.15) is 44.1 Å². The molecule has 112 valence electrons. The second kappa shape index (κ2) is 4.83. The van der Waals surface area contributed by atoms with Crippen LogP contribution >= 0.6 is 0 Å². The van der Waals surface area contributed by atoms with Gasteiger partial charge in [0.1, 0.15) is 5.82 Å². The first-order valence-electron chi connectivity index (χ1n) is 7.52. The topological polar surface area (TPSA) is 55.6 Å². The van der Waals surface area contributed by atoms with E-state index in [0.717, 1.165) is 35.7 Å². The third kappa shape index (κ3) is 2.41. The molecule has 0 saturated heterocycles. The molecule has 2 aromatic rings. The normalized spacial score (nSPS) is 14.3. The lowest BCUT2D eigenvalue weighted by molar-refractivity contribution is 0.554. The highest BCUT2D eigenvalue weighted by molar-refractivity contribution is 5.63. The molecule has 0 spiro atoms. The largest absolute Gasteiger partial charge is 0.373 e. The summed E-state index contributed by atoms with van der Waals surface area (Å²) >= 11 is 0. The fourth-order valence-electron chi connectivity index (χ4n) is 2.97. The van der Waals surface area contributed by atoms with Crippen molar-refractivity contribution in [1.29, 1.82) is 0 Å². The van der Waals surface area contributed by atoms with Crippen molar-refractivity contribution in [2.75, 3.05) is 12.4 Å². The van der Waals surface area contributed by atoms with E-state index in [0.29, 0.717) is 0 Å². The van der Waals surface area contributed by atoms with Gasteiger partial charge >= 0.3 is 0 Å². The van der Waals surface area contributed by atoms with Crippen molar-refractivity contribution in [3.63, 3.8) is 0 Å². The maximum atomic E-state index is 4.82. The van der Waals surface area contributed by atoms with E-state index in [9.17, 15) is 0 Å². The summed E-state index contributed by atoms with van der Waals surface area (Å²) in [6.45, 7) is 6.52. The van der Waals surface area contributed by atoms with Gasteiger partial charge in [0, 0.05) is 37.0 Å². The monoisotopic (exact) mass is 285 g/mol. The Morgan fingerprint density at radius 1 is 1.19 bits per heavy atom. The summed E-state index contributed by atoms with van der Waals surface area (Å²) in [5.41, 5.74) is 4.52. The molecular formula is C16H23N5. The molecule has 0 bridgehead atoms. The molecule has 21 heavy (non-hydrogen) atoms.